The fourth-order valence-corrected chi connectivity index (χ4v) is 2.34. The summed E-state index contributed by atoms with van der Waals surface area (Å²) in [5, 5.41) is 4.13. The molecule has 20 heavy (non-hydrogen) atoms. The van der Waals surface area contributed by atoms with Crippen LogP contribution in [-0.4, -0.2) is 34.6 Å². The van der Waals surface area contributed by atoms with Gasteiger partial charge in [0.1, 0.15) is 24.9 Å². The number of aromatic nitrogens is 3. The molecule has 1 aliphatic rings. The predicted molar refractivity (Wildman–Crippen MR) is 71.2 cm³/mol. The van der Waals surface area contributed by atoms with Crippen molar-refractivity contribution in [3.63, 3.8) is 0 Å². The summed E-state index contributed by atoms with van der Waals surface area (Å²) in [6.07, 6.45) is 3.20. The summed E-state index contributed by atoms with van der Waals surface area (Å²) in [4.78, 5) is 3.96. The Morgan fingerprint density at radius 2 is 2.20 bits per heavy atom. The van der Waals surface area contributed by atoms with Crippen LogP contribution in [-0.2, 0) is 21.8 Å². The summed E-state index contributed by atoms with van der Waals surface area (Å²) in [5.74, 6) is -0.0185. The molecule has 0 amide bonds. The van der Waals surface area contributed by atoms with Gasteiger partial charge in [0, 0.05) is 5.56 Å². The van der Waals surface area contributed by atoms with Gasteiger partial charge in [-0.3, -0.25) is 0 Å². The molecule has 0 bridgehead atoms. The minimum Gasteiger partial charge on any atom is -0.497 e. The smallest absolute Gasteiger partial charge is 0.215 e. The number of hydrogen-bond donors (Lipinski definition) is 0. The molecule has 1 aliphatic heterocycles. The standard InChI is InChI=1S/C14H17N3O3/c1-11-7-19-14(20-11,8-17-10-15-9-16-17)12-3-5-13(18-2)6-4-12/h3-6,9-11H,7-8H2,1-2H3. The van der Waals surface area contributed by atoms with E-state index in [1.807, 2.05) is 31.2 Å². The van der Waals surface area contributed by atoms with E-state index in [0.717, 1.165) is 11.3 Å². The molecule has 3 rings (SSSR count). The molecule has 0 radical (unpaired) electrons. The van der Waals surface area contributed by atoms with Gasteiger partial charge in [0.05, 0.1) is 19.8 Å². The predicted octanol–water partition coefficient (Wildman–Crippen LogP) is 1.57. The molecular formula is C14H17N3O3. The van der Waals surface area contributed by atoms with Crippen LogP contribution >= 0.6 is 0 Å². The minimum atomic E-state index is -0.820. The highest BCUT2D eigenvalue weighted by molar-refractivity contribution is 5.30. The van der Waals surface area contributed by atoms with Crippen LogP contribution in [0.25, 0.3) is 0 Å². The van der Waals surface area contributed by atoms with E-state index >= 15 is 0 Å². The van der Waals surface area contributed by atoms with Crippen molar-refractivity contribution in [2.45, 2.75) is 25.4 Å². The third kappa shape index (κ3) is 2.39. The molecule has 2 unspecified atom stereocenters. The van der Waals surface area contributed by atoms with Crippen LogP contribution in [0.3, 0.4) is 0 Å². The second-order valence-corrected chi connectivity index (χ2v) is 4.81. The first-order valence-electron chi connectivity index (χ1n) is 6.50. The van der Waals surface area contributed by atoms with Gasteiger partial charge in [0.2, 0.25) is 5.79 Å². The van der Waals surface area contributed by atoms with Gasteiger partial charge >= 0.3 is 0 Å². The Labute approximate surface area is 117 Å². The van der Waals surface area contributed by atoms with Crippen molar-refractivity contribution in [1.82, 2.24) is 14.8 Å². The van der Waals surface area contributed by atoms with Crippen LogP contribution in [0, 0.1) is 0 Å². The minimum absolute atomic E-state index is 0.0422. The first kappa shape index (κ1) is 13.1. The number of benzene rings is 1. The first-order chi connectivity index (χ1) is 9.72. The molecule has 1 aromatic heterocycles. The van der Waals surface area contributed by atoms with Crippen molar-refractivity contribution in [2.75, 3.05) is 13.7 Å². The van der Waals surface area contributed by atoms with Crippen LogP contribution in [0.15, 0.2) is 36.9 Å². The Morgan fingerprint density at radius 1 is 1.40 bits per heavy atom. The van der Waals surface area contributed by atoms with Gasteiger partial charge in [0.25, 0.3) is 0 Å². The molecule has 1 fully saturated rings. The van der Waals surface area contributed by atoms with E-state index in [1.165, 1.54) is 6.33 Å². The normalized spacial score (nSPS) is 25.8. The van der Waals surface area contributed by atoms with E-state index < -0.39 is 5.79 Å². The Morgan fingerprint density at radius 3 is 2.75 bits per heavy atom. The maximum Gasteiger partial charge on any atom is 0.215 e. The number of nitrogens with zero attached hydrogens (tertiary/aromatic N) is 3. The Hall–Kier alpha value is -1.92. The molecule has 0 spiro atoms. The van der Waals surface area contributed by atoms with Crippen molar-refractivity contribution in [3.05, 3.63) is 42.5 Å². The zero-order chi connectivity index (χ0) is 14.0. The van der Waals surface area contributed by atoms with Crippen molar-refractivity contribution in [2.24, 2.45) is 0 Å². The maximum absolute atomic E-state index is 6.03. The molecule has 6 nitrogen and oxygen atoms in total. The van der Waals surface area contributed by atoms with E-state index in [1.54, 1.807) is 18.1 Å². The Balaban J connectivity index is 1.92. The van der Waals surface area contributed by atoms with Crippen molar-refractivity contribution in [1.29, 1.82) is 0 Å². The molecule has 106 valence electrons. The van der Waals surface area contributed by atoms with Gasteiger partial charge in [-0.15, -0.1) is 0 Å². The highest BCUT2D eigenvalue weighted by Crippen LogP contribution is 2.36. The third-order valence-corrected chi connectivity index (χ3v) is 3.31. The fourth-order valence-electron chi connectivity index (χ4n) is 2.34. The van der Waals surface area contributed by atoms with Crippen LogP contribution < -0.4 is 4.74 Å². The molecule has 2 heterocycles. The fraction of sp³-hybridized carbons (Fsp3) is 0.429. The second-order valence-electron chi connectivity index (χ2n) is 4.81. The molecule has 1 saturated heterocycles. The van der Waals surface area contributed by atoms with Gasteiger partial charge in [-0.25, -0.2) is 9.67 Å². The van der Waals surface area contributed by atoms with Crippen molar-refractivity contribution >= 4 is 0 Å². The number of rotatable bonds is 4. The molecular weight excluding hydrogens is 258 g/mol. The van der Waals surface area contributed by atoms with E-state index in [0.29, 0.717) is 13.2 Å². The third-order valence-electron chi connectivity index (χ3n) is 3.31. The van der Waals surface area contributed by atoms with E-state index in [-0.39, 0.29) is 6.10 Å². The zero-order valence-corrected chi connectivity index (χ0v) is 11.5. The monoisotopic (exact) mass is 275 g/mol. The average Bonchev–Trinajstić information content (AvgIpc) is 3.10. The lowest BCUT2D eigenvalue weighted by atomic mass is 10.1. The maximum atomic E-state index is 6.03. The number of ether oxygens (including phenoxy) is 3. The molecule has 0 saturated carbocycles. The quantitative estimate of drug-likeness (QED) is 0.847. The molecule has 2 aromatic rings. The lowest BCUT2D eigenvalue weighted by Gasteiger charge is -2.28. The molecule has 6 heteroatoms. The number of hydrogen-bond acceptors (Lipinski definition) is 5. The van der Waals surface area contributed by atoms with Gasteiger partial charge in [-0.1, -0.05) is 0 Å². The molecule has 2 atom stereocenters. The van der Waals surface area contributed by atoms with E-state index in [9.17, 15) is 0 Å². The molecule has 0 aliphatic carbocycles. The Bertz CT molecular complexity index is 556. The van der Waals surface area contributed by atoms with Crippen LogP contribution in [0.4, 0.5) is 0 Å². The van der Waals surface area contributed by atoms with Crippen molar-refractivity contribution < 1.29 is 14.2 Å². The van der Waals surface area contributed by atoms with Crippen LogP contribution in [0.2, 0.25) is 0 Å². The second kappa shape index (κ2) is 5.22. The summed E-state index contributed by atoms with van der Waals surface area (Å²) in [6.45, 7) is 3.01. The van der Waals surface area contributed by atoms with Gasteiger partial charge in [0.15, 0.2) is 0 Å². The van der Waals surface area contributed by atoms with Gasteiger partial charge < -0.3 is 14.2 Å². The summed E-state index contributed by atoms with van der Waals surface area (Å²) in [5.41, 5.74) is 0.943. The summed E-state index contributed by atoms with van der Waals surface area (Å²) >= 11 is 0. The topological polar surface area (TPSA) is 58.4 Å². The lowest BCUT2D eigenvalue weighted by Crippen LogP contribution is -2.33. The zero-order valence-electron chi connectivity index (χ0n) is 11.5. The molecule has 1 aromatic carbocycles. The first-order valence-corrected chi connectivity index (χ1v) is 6.50. The lowest BCUT2D eigenvalue weighted by molar-refractivity contribution is -0.186. The highest BCUT2D eigenvalue weighted by atomic mass is 16.7. The van der Waals surface area contributed by atoms with Crippen molar-refractivity contribution in [3.8, 4) is 5.75 Å². The summed E-state index contributed by atoms with van der Waals surface area (Å²) < 4.78 is 18.9. The van der Waals surface area contributed by atoms with Crippen LogP contribution in [0.5, 0.6) is 5.75 Å². The number of methoxy groups -OCH3 is 1. The Kier molecular flexibility index (Phi) is 3.42. The molecule has 0 N–H and O–H groups in total. The van der Waals surface area contributed by atoms with Gasteiger partial charge in [-0.2, -0.15) is 5.10 Å². The van der Waals surface area contributed by atoms with Gasteiger partial charge in [-0.05, 0) is 31.2 Å². The van der Waals surface area contributed by atoms with E-state index in [2.05, 4.69) is 10.1 Å². The largest absolute Gasteiger partial charge is 0.497 e. The highest BCUT2D eigenvalue weighted by Gasteiger charge is 2.42. The SMILES string of the molecule is COc1ccc(C2(Cn3cncn3)OCC(C)O2)cc1. The summed E-state index contributed by atoms with van der Waals surface area (Å²) in [7, 11) is 1.64. The summed E-state index contributed by atoms with van der Waals surface area (Å²) in [6, 6.07) is 7.70. The average molecular weight is 275 g/mol. The van der Waals surface area contributed by atoms with E-state index in [4.69, 9.17) is 14.2 Å². The van der Waals surface area contributed by atoms with Crippen LogP contribution in [0.1, 0.15) is 12.5 Å².